The molecule has 0 radical (unpaired) electrons. The molecule has 3 atom stereocenters. The summed E-state index contributed by atoms with van der Waals surface area (Å²) in [6.45, 7) is 4.66. The van der Waals surface area contributed by atoms with Crippen molar-refractivity contribution in [1.29, 1.82) is 0 Å². The fourth-order valence-electron chi connectivity index (χ4n) is 6.22. The second kappa shape index (κ2) is 33.3. The highest BCUT2D eigenvalue weighted by molar-refractivity contribution is 7.45. The molecule has 0 aromatic carbocycles. The first-order valence-corrected chi connectivity index (χ1v) is 22.3. The average molecular weight is 719 g/mol. The van der Waals surface area contributed by atoms with Crippen LogP contribution in [0.2, 0.25) is 0 Å². The molecular weight excluding hydrogens is 635 g/mol. The van der Waals surface area contributed by atoms with Crippen LogP contribution >= 0.6 is 7.82 Å². The van der Waals surface area contributed by atoms with Crippen molar-refractivity contribution >= 4 is 13.7 Å². The Morgan fingerprint density at radius 2 is 1.00 bits per heavy atom. The fraction of sp³-hybridized carbons (Fsp3) is 0.975. The zero-order chi connectivity index (χ0) is 36.5. The summed E-state index contributed by atoms with van der Waals surface area (Å²) in [5, 5.41) is 13.7. The van der Waals surface area contributed by atoms with Gasteiger partial charge >= 0.3 is 0 Å². The van der Waals surface area contributed by atoms with Crippen LogP contribution < -0.4 is 10.2 Å². The molecule has 0 saturated carbocycles. The van der Waals surface area contributed by atoms with Crippen molar-refractivity contribution in [1.82, 2.24) is 5.32 Å². The number of amides is 1. The van der Waals surface area contributed by atoms with E-state index in [-0.39, 0.29) is 19.1 Å². The lowest BCUT2D eigenvalue weighted by atomic mass is 10.0. The minimum Gasteiger partial charge on any atom is -0.756 e. The highest BCUT2D eigenvalue weighted by atomic mass is 31.2. The maximum absolute atomic E-state index is 12.8. The van der Waals surface area contributed by atoms with E-state index in [1.54, 1.807) is 0 Å². The molecule has 0 aliphatic carbocycles. The number of nitrogens with zero attached hydrogens (tertiary/aromatic N) is 1. The number of aliphatic hydroxyl groups is 1. The lowest BCUT2D eigenvalue weighted by Gasteiger charge is -2.30. The zero-order valence-electron chi connectivity index (χ0n) is 33.2. The molecule has 0 fully saturated rings. The third kappa shape index (κ3) is 35.7. The van der Waals surface area contributed by atoms with Crippen LogP contribution in [0.15, 0.2) is 0 Å². The van der Waals surface area contributed by atoms with E-state index in [0.29, 0.717) is 23.9 Å². The molecule has 49 heavy (non-hydrogen) atoms. The Balaban J connectivity index is 4.08. The Kier molecular flexibility index (Phi) is 33.0. The highest BCUT2D eigenvalue weighted by Crippen LogP contribution is 2.38. The maximum atomic E-state index is 12.8. The summed E-state index contributed by atoms with van der Waals surface area (Å²) < 4.78 is 23.1. The number of carbonyl (C=O) groups excluding carboxylic acids is 1. The molecule has 0 bridgehead atoms. The van der Waals surface area contributed by atoms with Gasteiger partial charge in [0.1, 0.15) is 13.2 Å². The van der Waals surface area contributed by atoms with Crippen molar-refractivity contribution in [3.63, 3.8) is 0 Å². The molecule has 0 aromatic heterocycles. The number of aliphatic hydroxyl groups excluding tert-OH is 1. The van der Waals surface area contributed by atoms with Gasteiger partial charge in [0.15, 0.2) is 0 Å². The van der Waals surface area contributed by atoms with Crippen LogP contribution in [0.25, 0.3) is 0 Å². The summed E-state index contributed by atoms with van der Waals surface area (Å²) in [6.07, 6.45) is 34.2. The van der Waals surface area contributed by atoms with Crippen molar-refractivity contribution in [3.05, 3.63) is 0 Å². The number of nitrogens with one attached hydrogen (secondary N) is 1. The Morgan fingerprint density at radius 1 is 0.633 bits per heavy atom. The second-order valence-electron chi connectivity index (χ2n) is 15.7. The molecular formula is C40H83N2O6P. The molecule has 0 heterocycles. The van der Waals surface area contributed by atoms with Crippen molar-refractivity contribution < 1.29 is 32.9 Å². The summed E-state index contributed by atoms with van der Waals surface area (Å²) in [4.78, 5) is 25.1. The highest BCUT2D eigenvalue weighted by Gasteiger charge is 2.24. The molecule has 3 unspecified atom stereocenters. The first kappa shape index (κ1) is 48.5. The lowest BCUT2D eigenvalue weighted by molar-refractivity contribution is -0.870. The Morgan fingerprint density at radius 3 is 1.39 bits per heavy atom. The molecule has 9 heteroatoms. The Labute approximate surface area is 304 Å². The largest absolute Gasteiger partial charge is 0.756 e. The first-order chi connectivity index (χ1) is 23.5. The van der Waals surface area contributed by atoms with Crippen LogP contribution in [0.3, 0.4) is 0 Å². The molecule has 0 spiro atoms. The maximum Gasteiger partial charge on any atom is 0.268 e. The number of rotatable bonds is 38. The number of carbonyl (C=O) groups is 1. The van der Waals surface area contributed by atoms with Gasteiger partial charge in [0, 0.05) is 6.42 Å². The van der Waals surface area contributed by atoms with E-state index in [9.17, 15) is 19.4 Å². The smallest absolute Gasteiger partial charge is 0.268 e. The number of hydrogen-bond acceptors (Lipinski definition) is 6. The summed E-state index contributed by atoms with van der Waals surface area (Å²) in [5.41, 5.74) is 0. The number of hydrogen-bond donors (Lipinski definition) is 2. The number of likely N-dealkylation sites (N-methyl/N-ethyl adjacent to an activating group) is 1. The van der Waals surface area contributed by atoms with E-state index in [0.717, 1.165) is 38.5 Å². The van der Waals surface area contributed by atoms with Gasteiger partial charge in [0.25, 0.3) is 7.82 Å². The second-order valence-corrected chi connectivity index (χ2v) is 17.1. The normalized spacial score (nSPS) is 14.5. The Hall–Kier alpha value is -0.500. The van der Waals surface area contributed by atoms with Crippen molar-refractivity contribution in [2.45, 2.75) is 212 Å². The van der Waals surface area contributed by atoms with Crippen LogP contribution in [-0.2, 0) is 18.4 Å². The van der Waals surface area contributed by atoms with Gasteiger partial charge in [-0.15, -0.1) is 0 Å². The van der Waals surface area contributed by atoms with Gasteiger partial charge in [-0.3, -0.25) is 9.36 Å². The minimum absolute atomic E-state index is 0.0150. The topological polar surface area (TPSA) is 108 Å². The third-order valence-electron chi connectivity index (χ3n) is 9.60. The molecule has 0 rings (SSSR count). The van der Waals surface area contributed by atoms with Gasteiger partial charge in [-0.2, -0.15) is 0 Å². The molecule has 8 nitrogen and oxygen atoms in total. The van der Waals surface area contributed by atoms with Crippen LogP contribution in [0, 0.1) is 0 Å². The average Bonchev–Trinajstić information content (AvgIpc) is 3.04. The van der Waals surface area contributed by atoms with Crippen molar-refractivity contribution in [2.75, 3.05) is 40.9 Å². The molecule has 2 N–H and O–H groups in total. The lowest BCUT2D eigenvalue weighted by Crippen LogP contribution is -2.46. The quantitative estimate of drug-likeness (QED) is 0.0374. The predicted molar refractivity (Wildman–Crippen MR) is 206 cm³/mol. The Bertz CT molecular complexity index is 778. The summed E-state index contributed by atoms with van der Waals surface area (Å²) in [6, 6.07) is -0.790. The standard InChI is InChI=1S/C40H83N2O6P/c1-6-8-10-12-14-15-16-17-18-19-20-21-22-23-24-25-26-27-28-30-32-34-40(44)41-38(39(43)33-31-29-13-11-9-7-2)37-48-49(45,46)47-36-35-42(3,4)5/h38-39,43H,6-37H2,1-5H3,(H-,41,44,45,46). The van der Waals surface area contributed by atoms with Gasteiger partial charge in [0.2, 0.25) is 5.91 Å². The number of phosphoric ester groups is 1. The minimum atomic E-state index is -4.54. The van der Waals surface area contributed by atoms with E-state index < -0.39 is 20.0 Å². The summed E-state index contributed by atoms with van der Waals surface area (Å²) >= 11 is 0. The zero-order valence-corrected chi connectivity index (χ0v) is 34.1. The van der Waals surface area contributed by atoms with E-state index in [1.807, 2.05) is 21.1 Å². The van der Waals surface area contributed by atoms with E-state index in [4.69, 9.17) is 9.05 Å². The van der Waals surface area contributed by atoms with Crippen LogP contribution in [-0.4, -0.2) is 68.5 Å². The molecule has 1 amide bonds. The SMILES string of the molecule is CCCCCCCCCCCCCCCCCCCCCCCC(=O)NC(COP(=O)([O-])OCC[N+](C)(C)C)C(O)CCCCCCCC. The molecule has 0 saturated heterocycles. The third-order valence-corrected chi connectivity index (χ3v) is 10.6. The van der Waals surface area contributed by atoms with Gasteiger partial charge in [0.05, 0.1) is 39.9 Å². The number of quaternary nitrogens is 1. The summed E-state index contributed by atoms with van der Waals surface area (Å²) in [7, 11) is 1.31. The molecule has 0 aliphatic rings. The first-order valence-electron chi connectivity index (χ1n) is 20.9. The van der Waals surface area contributed by atoms with Gasteiger partial charge in [-0.1, -0.05) is 181 Å². The number of unbranched alkanes of at least 4 members (excludes halogenated alkanes) is 25. The van der Waals surface area contributed by atoms with E-state index >= 15 is 0 Å². The van der Waals surface area contributed by atoms with Gasteiger partial charge in [-0.25, -0.2) is 0 Å². The van der Waals surface area contributed by atoms with E-state index in [1.165, 1.54) is 135 Å². The van der Waals surface area contributed by atoms with Crippen molar-refractivity contribution in [2.24, 2.45) is 0 Å². The van der Waals surface area contributed by atoms with Crippen LogP contribution in [0.4, 0.5) is 0 Å². The van der Waals surface area contributed by atoms with Gasteiger partial charge in [-0.05, 0) is 12.8 Å². The van der Waals surface area contributed by atoms with Crippen molar-refractivity contribution in [3.8, 4) is 0 Å². The fourth-order valence-corrected chi connectivity index (χ4v) is 6.94. The predicted octanol–water partition coefficient (Wildman–Crippen LogP) is 10.4. The monoisotopic (exact) mass is 719 g/mol. The van der Waals surface area contributed by atoms with Gasteiger partial charge < -0.3 is 28.8 Å². The molecule has 0 aliphatic heterocycles. The summed E-state index contributed by atoms with van der Waals surface area (Å²) in [5.74, 6) is -0.167. The van der Waals surface area contributed by atoms with Crippen LogP contribution in [0.5, 0.6) is 0 Å². The van der Waals surface area contributed by atoms with Crippen LogP contribution in [0.1, 0.15) is 200 Å². The molecule has 0 aromatic rings. The molecule has 294 valence electrons. The van der Waals surface area contributed by atoms with E-state index in [2.05, 4.69) is 19.2 Å². The number of phosphoric acid groups is 1.